The number of thiocarbonyl (C=S) groups is 1. The quantitative estimate of drug-likeness (QED) is 0.233. The highest BCUT2D eigenvalue weighted by atomic mass is 32.1. The lowest BCUT2D eigenvalue weighted by atomic mass is 10.4. The predicted octanol–water partition coefficient (Wildman–Crippen LogP) is 0.183. The lowest BCUT2D eigenvalue weighted by Crippen LogP contribution is -2.52. The van der Waals surface area contributed by atoms with Gasteiger partial charge in [-0.3, -0.25) is 4.84 Å². The highest BCUT2D eigenvalue weighted by molar-refractivity contribution is 7.80. The fourth-order valence-electron chi connectivity index (χ4n) is 0.812. The zero-order valence-electron chi connectivity index (χ0n) is 7.71. The zero-order valence-corrected chi connectivity index (χ0v) is 8.52. The minimum atomic E-state index is -0.882. The molecule has 1 aliphatic heterocycles. The Morgan fingerprint density at radius 3 is 2.71 bits per heavy atom. The SMILES string of the molecule is CC(C)N1OC(=O)ON(/C=N/N)C1=S. The van der Waals surface area contributed by atoms with Gasteiger partial charge in [-0.05, 0) is 26.1 Å². The molecule has 8 heteroatoms. The lowest BCUT2D eigenvalue weighted by molar-refractivity contribution is -0.170. The third-order valence-electron chi connectivity index (χ3n) is 1.36. The van der Waals surface area contributed by atoms with Gasteiger partial charge in [0, 0.05) is 0 Å². The van der Waals surface area contributed by atoms with Gasteiger partial charge in [-0.1, -0.05) is 0 Å². The van der Waals surface area contributed by atoms with Gasteiger partial charge in [-0.15, -0.1) is 5.06 Å². The van der Waals surface area contributed by atoms with E-state index in [-0.39, 0.29) is 11.2 Å². The molecule has 0 unspecified atom stereocenters. The van der Waals surface area contributed by atoms with Crippen LogP contribution in [0.1, 0.15) is 13.8 Å². The molecule has 0 aromatic carbocycles. The van der Waals surface area contributed by atoms with Crippen LogP contribution in [-0.4, -0.2) is 33.8 Å². The number of hydroxylamine groups is 4. The molecule has 1 aliphatic rings. The van der Waals surface area contributed by atoms with Gasteiger partial charge in [0.05, 0.1) is 6.04 Å². The molecule has 78 valence electrons. The molecular formula is C6H10N4O3S. The molecule has 1 saturated heterocycles. The second-order valence-corrected chi connectivity index (χ2v) is 3.09. The molecule has 7 nitrogen and oxygen atoms in total. The molecule has 0 aliphatic carbocycles. The molecule has 0 atom stereocenters. The van der Waals surface area contributed by atoms with Crippen LogP contribution in [0.2, 0.25) is 0 Å². The van der Waals surface area contributed by atoms with Crippen LogP contribution in [-0.2, 0) is 9.68 Å². The number of carbonyl (C=O) groups is 1. The van der Waals surface area contributed by atoms with Gasteiger partial charge in [-0.25, -0.2) is 0 Å². The molecule has 1 rings (SSSR count). The van der Waals surface area contributed by atoms with Crippen LogP contribution in [0.15, 0.2) is 5.10 Å². The third kappa shape index (κ3) is 2.02. The summed E-state index contributed by atoms with van der Waals surface area (Å²) in [7, 11) is 0. The predicted molar refractivity (Wildman–Crippen MR) is 51.7 cm³/mol. The summed E-state index contributed by atoms with van der Waals surface area (Å²) in [6.45, 7) is 3.62. The summed E-state index contributed by atoms with van der Waals surface area (Å²) in [5.41, 5.74) is 0. The molecule has 0 radical (unpaired) electrons. The number of nitrogens with two attached hydrogens (primary N) is 1. The second-order valence-electron chi connectivity index (χ2n) is 2.73. The van der Waals surface area contributed by atoms with Crippen molar-refractivity contribution in [1.29, 1.82) is 0 Å². The van der Waals surface area contributed by atoms with Crippen LogP contribution in [0.4, 0.5) is 4.79 Å². The van der Waals surface area contributed by atoms with Crippen LogP contribution in [0, 0.1) is 0 Å². The summed E-state index contributed by atoms with van der Waals surface area (Å²) < 4.78 is 0. The molecular weight excluding hydrogens is 208 g/mol. The first-order valence-corrected chi connectivity index (χ1v) is 4.22. The summed E-state index contributed by atoms with van der Waals surface area (Å²) in [4.78, 5) is 20.2. The Hall–Kier alpha value is -1.57. The van der Waals surface area contributed by atoms with Crippen LogP contribution in [0.3, 0.4) is 0 Å². The molecule has 0 saturated carbocycles. The third-order valence-corrected chi connectivity index (χ3v) is 1.72. The molecule has 0 aromatic rings. The number of hydrogen-bond donors (Lipinski definition) is 1. The zero-order chi connectivity index (χ0) is 10.7. The normalized spacial score (nSPS) is 17.6. The van der Waals surface area contributed by atoms with Crippen molar-refractivity contribution in [3.8, 4) is 0 Å². The Balaban J connectivity index is 2.81. The first kappa shape index (κ1) is 10.5. The fourth-order valence-corrected chi connectivity index (χ4v) is 1.14. The summed E-state index contributed by atoms with van der Waals surface area (Å²) in [5, 5.41) is 5.54. The van der Waals surface area contributed by atoms with Gasteiger partial charge in [0.2, 0.25) is 5.11 Å². The van der Waals surface area contributed by atoms with Gasteiger partial charge in [0.25, 0.3) is 0 Å². The van der Waals surface area contributed by atoms with Crippen molar-refractivity contribution in [2.24, 2.45) is 10.9 Å². The van der Waals surface area contributed by atoms with Crippen LogP contribution >= 0.6 is 12.2 Å². The van der Waals surface area contributed by atoms with Crippen molar-refractivity contribution < 1.29 is 14.5 Å². The van der Waals surface area contributed by atoms with Crippen LogP contribution < -0.4 is 5.84 Å². The van der Waals surface area contributed by atoms with Gasteiger partial charge >= 0.3 is 6.16 Å². The molecule has 0 spiro atoms. The molecule has 0 bridgehead atoms. The van der Waals surface area contributed by atoms with E-state index in [1.807, 2.05) is 13.8 Å². The average Bonchev–Trinajstić information content (AvgIpc) is 2.10. The second kappa shape index (κ2) is 4.09. The Kier molecular flexibility index (Phi) is 3.07. The Morgan fingerprint density at radius 1 is 1.57 bits per heavy atom. The van der Waals surface area contributed by atoms with Crippen LogP contribution in [0.25, 0.3) is 0 Å². The van der Waals surface area contributed by atoms with Crippen molar-refractivity contribution >= 4 is 29.8 Å². The van der Waals surface area contributed by atoms with E-state index < -0.39 is 6.16 Å². The number of rotatable bonds is 2. The first-order valence-electron chi connectivity index (χ1n) is 3.82. The smallest absolute Gasteiger partial charge is 0.322 e. The van der Waals surface area contributed by atoms with E-state index in [0.29, 0.717) is 0 Å². The molecule has 1 heterocycles. The highest BCUT2D eigenvalue weighted by Gasteiger charge is 2.32. The standard InChI is InChI=1S/C6H10N4O3S/c1-4(2)10-5(14)9(3-8-7)12-6(11)13-10/h3-4H,7H2,1-2H3/b8-3+. The van der Waals surface area contributed by atoms with Crippen molar-refractivity contribution in [1.82, 2.24) is 10.1 Å². The maximum Gasteiger partial charge on any atom is 0.559 e. The fraction of sp³-hybridized carbons (Fsp3) is 0.500. The molecule has 14 heavy (non-hydrogen) atoms. The van der Waals surface area contributed by atoms with Crippen molar-refractivity contribution in [2.45, 2.75) is 19.9 Å². The van der Waals surface area contributed by atoms with Gasteiger partial charge in [-0.2, -0.15) is 15.0 Å². The Morgan fingerprint density at radius 2 is 2.21 bits per heavy atom. The number of hydrazone groups is 1. The summed E-state index contributed by atoms with van der Waals surface area (Å²) in [6.07, 6.45) is 0.199. The first-order chi connectivity index (χ1) is 6.56. The van der Waals surface area contributed by atoms with E-state index in [2.05, 4.69) is 9.94 Å². The molecule has 1 fully saturated rings. The van der Waals surface area contributed by atoms with Gasteiger partial charge < -0.3 is 10.7 Å². The number of nitrogens with zero attached hydrogens (tertiary/aromatic N) is 3. The van der Waals surface area contributed by atoms with E-state index in [1.165, 1.54) is 5.06 Å². The molecule has 0 aromatic heterocycles. The van der Waals surface area contributed by atoms with Gasteiger partial charge in [0.15, 0.2) is 6.34 Å². The van der Waals surface area contributed by atoms with E-state index in [9.17, 15) is 4.79 Å². The maximum atomic E-state index is 10.9. The van der Waals surface area contributed by atoms with Crippen molar-refractivity contribution in [3.63, 3.8) is 0 Å². The van der Waals surface area contributed by atoms with E-state index >= 15 is 0 Å². The molecule has 0 amide bonds. The van der Waals surface area contributed by atoms with E-state index in [4.69, 9.17) is 22.9 Å². The Labute approximate surface area is 85.9 Å². The molecule has 2 N–H and O–H groups in total. The minimum absolute atomic E-state index is 0.0935. The largest absolute Gasteiger partial charge is 0.559 e. The Bertz CT molecular complexity index is 280. The van der Waals surface area contributed by atoms with Crippen molar-refractivity contribution in [3.05, 3.63) is 0 Å². The highest BCUT2D eigenvalue weighted by Crippen LogP contribution is 2.12. The monoisotopic (exact) mass is 218 g/mol. The lowest BCUT2D eigenvalue weighted by Gasteiger charge is -2.34. The maximum absolute atomic E-state index is 10.9. The number of hydrogen-bond acceptors (Lipinski definition) is 6. The van der Waals surface area contributed by atoms with Gasteiger partial charge in [0.1, 0.15) is 0 Å². The summed E-state index contributed by atoms with van der Waals surface area (Å²) in [5.74, 6) is 4.91. The summed E-state index contributed by atoms with van der Waals surface area (Å²) in [6, 6.07) is -0.0935. The summed E-state index contributed by atoms with van der Waals surface area (Å²) >= 11 is 4.95. The van der Waals surface area contributed by atoms with E-state index in [0.717, 1.165) is 11.4 Å². The minimum Gasteiger partial charge on any atom is -0.322 e. The average molecular weight is 218 g/mol. The van der Waals surface area contributed by atoms with Crippen LogP contribution in [0.5, 0.6) is 0 Å². The topological polar surface area (TPSA) is 80.4 Å². The van der Waals surface area contributed by atoms with Crippen molar-refractivity contribution in [2.75, 3.05) is 0 Å². The van der Waals surface area contributed by atoms with E-state index in [1.54, 1.807) is 0 Å². The number of carbonyl (C=O) groups excluding carboxylic acids is 1.